The van der Waals surface area contributed by atoms with Crippen molar-refractivity contribution in [3.63, 3.8) is 0 Å². The van der Waals surface area contributed by atoms with E-state index in [0.717, 1.165) is 28.1 Å². The number of ether oxygens (including phenoxy) is 1. The predicted octanol–water partition coefficient (Wildman–Crippen LogP) is 5.69. The molecule has 24 heavy (non-hydrogen) atoms. The number of hydrogen-bond donors (Lipinski definition) is 0. The van der Waals surface area contributed by atoms with Crippen molar-refractivity contribution in [3.05, 3.63) is 108 Å². The third kappa shape index (κ3) is 3.61. The third-order valence-electron chi connectivity index (χ3n) is 3.65. The molecular formula is C22H19NO. The average molecular weight is 313 g/mol. The molecule has 3 rings (SSSR count). The molecule has 0 aliphatic carbocycles. The van der Waals surface area contributed by atoms with Gasteiger partial charge in [0.05, 0.1) is 12.0 Å². The van der Waals surface area contributed by atoms with Gasteiger partial charge in [0, 0.05) is 11.1 Å². The molecule has 0 aliphatic rings. The summed E-state index contributed by atoms with van der Waals surface area (Å²) in [6.07, 6.45) is 1.42. The summed E-state index contributed by atoms with van der Waals surface area (Å²) in [6.45, 7) is 5.69. The van der Waals surface area contributed by atoms with Gasteiger partial charge in [0.1, 0.15) is 5.69 Å². The minimum atomic E-state index is 0.694. The van der Waals surface area contributed by atoms with Gasteiger partial charge in [0.15, 0.2) is 5.75 Å². The van der Waals surface area contributed by atoms with Crippen molar-refractivity contribution in [2.24, 2.45) is 4.99 Å². The van der Waals surface area contributed by atoms with Crippen LogP contribution in [0.5, 0.6) is 5.75 Å². The van der Waals surface area contributed by atoms with Crippen LogP contribution in [0.1, 0.15) is 16.7 Å². The van der Waals surface area contributed by atoms with E-state index in [1.807, 2.05) is 61.5 Å². The number of benzene rings is 3. The molecule has 0 fully saturated rings. The van der Waals surface area contributed by atoms with Crippen LogP contribution in [0.4, 0.5) is 5.69 Å². The van der Waals surface area contributed by atoms with Gasteiger partial charge >= 0.3 is 0 Å². The fourth-order valence-corrected chi connectivity index (χ4v) is 2.51. The van der Waals surface area contributed by atoms with Crippen molar-refractivity contribution >= 4 is 11.4 Å². The summed E-state index contributed by atoms with van der Waals surface area (Å²) >= 11 is 0. The van der Waals surface area contributed by atoms with Crippen LogP contribution in [0.2, 0.25) is 0 Å². The molecule has 0 aliphatic heterocycles. The Hall–Kier alpha value is -3.13. The molecule has 0 atom stereocenters. The second kappa shape index (κ2) is 7.42. The first kappa shape index (κ1) is 15.8. The van der Waals surface area contributed by atoms with E-state index < -0.39 is 0 Å². The quantitative estimate of drug-likeness (QED) is 0.438. The molecule has 3 aromatic rings. The van der Waals surface area contributed by atoms with Gasteiger partial charge in [-0.25, -0.2) is 4.99 Å². The molecule has 0 aromatic heterocycles. The summed E-state index contributed by atoms with van der Waals surface area (Å²) < 4.78 is 5.52. The summed E-state index contributed by atoms with van der Waals surface area (Å²) in [4.78, 5) is 4.92. The van der Waals surface area contributed by atoms with Crippen molar-refractivity contribution in [3.8, 4) is 5.75 Å². The van der Waals surface area contributed by atoms with Gasteiger partial charge in [-0.2, -0.15) is 0 Å². The lowest BCUT2D eigenvalue weighted by Gasteiger charge is -2.10. The molecule has 0 radical (unpaired) electrons. The Bertz CT molecular complexity index is 810. The number of nitrogens with zero attached hydrogens (tertiary/aromatic N) is 1. The first-order valence-electron chi connectivity index (χ1n) is 7.85. The zero-order valence-electron chi connectivity index (χ0n) is 13.6. The lowest BCUT2D eigenvalue weighted by Crippen LogP contribution is -2.02. The molecule has 0 N–H and O–H groups in total. The van der Waals surface area contributed by atoms with E-state index in [-0.39, 0.29) is 0 Å². The highest BCUT2D eigenvalue weighted by Gasteiger charge is 2.09. The van der Waals surface area contributed by atoms with Crippen molar-refractivity contribution in [1.82, 2.24) is 0 Å². The summed E-state index contributed by atoms with van der Waals surface area (Å²) in [5.74, 6) is 0.694. The first-order valence-corrected chi connectivity index (χ1v) is 7.85. The van der Waals surface area contributed by atoms with E-state index in [9.17, 15) is 0 Å². The van der Waals surface area contributed by atoms with E-state index >= 15 is 0 Å². The van der Waals surface area contributed by atoms with Crippen molar-refractivity contribution in [1.29, 1.82) is 0 Å². The third-order valence-corrected chi connectivity index (χ3v) is 3.65. The van der Waals surface area contributed by atoms with E-state index in [0.29, 0.717) is 5.75 Å². The zero-order valence-corrected chi connectivity index (χ0v) is 13.6. The molecule has 0 heterocycles. The van der Waals surface area contributed by atoms with Gasteiger partial charge in [-0.1, -0.05) is 73.3 Å². The molecule has 3 aromatic carbocycles. The number of rotatable bonds is 5. The van der Waals surface area contributed by atoms with Crippen LogP contribution in [-0.2, 0) is 0 Å². The van der Waals surface area contributed by atoms with E-state index in [2.05, 4.69) is 30.8 Å². The fraction of sp³-hybridized carbons (Fsp3) is 0.0455. The minimum Gasteiger partial charge on any atom is -0.463 e. The maximum Gasteiger partial charge on any atom is 0.152 e. The zero-order chi connectivity index (χ0) is 16.8. The van der Waals surface area contributed by atoms with Crippen molar-refractivity contribution in [2.45, 2.75) is 6.92 Å². The Morgan fingerprint density at radius 3 is 2.00 bits per heavy atom. The highest BCUT2D eigenvalue weighted by atomic mass is 16.5. The molecule has 0 unspecified atom stereocenters. The summed E-state index contributed by atoms with van der Waals surface area (Å²) in [5, 5.41) is 0. The standard InChI is InChI=1S/C22H19NO/c1-3-24-21-15-14-17(2)16-20(21)23-22(18-10-6-4-7-11-18)19-12-8-5-9-13-19/h3-16H,1H2,2H3. The summed E-state index contributed by atoms with van der Waals surface area (Å²) in [6, 6.07) is 26.3. The maximum atomic E-state index is 5.52. The van der Waals surface area contributed by atoms with Crippen LogP contribution in [0.15, 0.2) is 96.7 Å². The van der Waals surface area contributed by atoms with Crippen molar-refractivity contribution in [2.75, 3.05) is 0 Å². The molecule has 118 valence electrons. The Balaban J connectivity index is 2.18. The summed E-state index contributed by atoms with van der Waals surface area (Å²) in [5.41, 5.74) is 4.96. The Kier molecular flexibility index (Phi) is 4.87. The topological polar surface area (TPSA) is 21.6 Å². The summed E-state index contributed by atoms with van der Waals surface area (Å²) in [7, 11) is 0. The molecule has 2 nitrogen and oxygen atoms in total. The molecule has 0 spiro atoms. The van der Waals surface area contributed by atoms with E-state index in [1.54, 1.807) is 0 Å². The van der Waals surface area contributed by atoms with Crippen LogP contribution >= 0.6 is 0 Å². The smallest absolute Gasteiger partial charge is 0.152 e. The molecule has 0 bridgehead atoms. The van der Waals surface area contributed by atoms with Gasteiger partial charge < -0.3 is 4.74 Å². The van der Waals surface area contributed by atoms with Crippen LogP contribution < -0.4 is 4.74 Å². The van der Waals surface area contributed by atoms with E-state index in [1.165, 1.54) is 6.26 Å². The van der Waals surface area contributed by atoms with Gasteiger partial charge in [0.2, 0.25) is 0 Å². The number of aliphatic imine (C=N–C) groups is 1. The fourth-order valence-electron chi connectivity index (χ4n) is 2.51. The van der Waals surface area contributed by atoms with Crippen LogP contribution in [-0.4, -0.2) is 5.71 Å². The Morgan fingerprint density at radius 2 is 1.46 bits per heavy atom. The molecule has 2 heteroatoms. The lowest BCUT2D eigenvalue weighted by atomic mass is 10.0. The molecular weight excluding hydrogens is 294 g/mol. The SMILES string of the molecule is C=COc1ccc(C)cc1N=C(c1ccccc1)c1ccccc1. The van der Waals surface area contributed by atoms with Gasteiger partial charge in [-0.3, -0.25) is 0 Å². The van der Waals surface area contributed by atoms with Gasteiger partial charge in [-0.05, 0) is 24.6 Å². The number of aryl methyl sites for hydroxylation is 1. The highest BCUT2D eigenvalue weighted by Crippen LogP contribution is 2.30. The normalized spacial score (nSPS) is 10.0. The molecule has 0 amide bonds. The predicted molar refractivity (Wildman–Crippen MR) is 100 cm³/mol. The van der Waals surface area contributed by atoms with Gasteiger partial charge in [-0.15, -0.1) is 0 Å². The average Bonchev–Trinajstić information content (AvgIpc) is 2.63. The van der Waals surface area contributed by atoms with Crippen molar-refractivity contribution < 1.29 is 4.74 Å². The monoisotopic (exact) mass is 313 g/mol. The van der Waals surface area contributed by atoms with Crippen LogP contribution in [0, 0.1) is 6.92 Å². The largest absolute Gasteiger partial charge is 0.463 e. The van der Waals surface area contributed by atoms with Gasteiger partial charge in [0.25, 0.3) is 0 Å². The number of hydrogen-bond acceptors (Lipinski definition) is 2. The lowest BCUT2D eigenvalue weighted by molar-refractivity contribution is 0.485. The van der Waals surface area contributed by atoms with Crippen LogP contribution in [0.3, 0.4) is 0 Å². The highest BCUT2D eigenvalue weighted by molar-refractivity contribution is 6.14. The minimum absolute atomic E-state index is 0.694. The maximum absolute atomic E-state index is 5.52. The second-order valence-electron chi connectivity index (χ2n) is 5.45. The first-order chi connectivity index (χ1) is 11.8. The second-order valence-corrected chi connectivity index (χ2v) is 5.45. The molecule has 0 saturated carbocycles. The Morgan fingerprint density at radius 1 is 0.875 bits per heavy atom. The van der Waals surface area contributed by atoms with Crippen LogP contribution in [0.25, 0.3) is 0 Å². The Labute approximate surface area is 142 Å². The molecule has 0 saturated heterocycles. The van der Waals surface area contributed by atoms with E-state index in [4.69, 9.17) is 9.73 Å².